The smallest absolute Gasteiger partial charge is 0.408 e. The molecule has 3 aliphatic heterocycles. The number of anilines is 1. The van der Waals surface area contributed by atoms with Gasteiger partial charge in [-0.3, -0.25) is 14.2 Å². The Kier molecular flexibility index (Phi) is 14.2. The summed E-state index contributed by atoms with van der Waals surface area (Å²) >= 11 is 0. The molecule has 6 atom stereocenters. The van der Waals surface area contributed by atoms with Crippen molar-refractivity contribution in [3.8, 4) is 0 Å². The third kappa shape index (κ3) is 10.2. The van der Waals surface area contributed by atoms with Crippen molar-refractivity contribution in [2.75, 3.05) is 18.5 Å². The SMILES string of the molecule is Cc1cn([C@@H]2O[C@H](CO[Si](C)(C)C(C)(C)C)[C@@]3(OS(=O)(=O)C=C3N)[C@H]2O[Si](C)(C)C(C)(C)C)c(=O)nc1NC(=O)[C@@H]1CCCN1C(=O)[C@@H](NC(=O)OCc1ccccc1)C(C)C. The van der Waals surface area contributed by atoms with E-state index < -0.39 is 86.5 Å². The van der Waals surface area contributed by atoms with Gasteiger partial charge in [-0.05, 0) is 67.5 Å². The Morgan fingerprint density at radius 3 is 2.23 bits per heavy atom. The Balaban J connectivity index is 1.43. The van der Waals surface area contributed by atoms with Crippen LogP contribution in [-0.2, 0) is 48.8 Å². The number of aromatic nitrogens is 2. The number of nitrogens with zero attached hydrogens (tertiary/aromatic N) is 3. The fourth-order valence-electron chi connectivity index (χ4n) is 7.18. The van der Waals surface area contributed by atoms with Gasteiger partial charge in [-0.15, -0.1) is 0 Å². The van der Waals surface area contributed by atoms with Crippen LogP contribution >= 0.6 is 0 Å². The fraction of sp³-hybridized carbons (Fsp3) is 0.643. The fourth-order valence-corrected chi connectivity index (χ4v) is 10.7. The van der Waals surface area contributed by atoms with Crippen molar-refractivity contribution >= 4 is 50.5 Å². The first kappa shape index (κ1) is 49.1. The second kappa shape index (κ2) is 17.9. The lowest BCUT2D eigenvalue weighted by Gasteiger charge is -2.43. The maximum absolute atomic E-state index is 14.2. The number of amides is 3. The number of carbonyl (C=O) groups is 3. The minimum absolute atomic E-state index is 0.0244. The molecule has 344 valence electrons. The summed E-state index contributed by atoms with van der Waals surface area (Å²) in [7, 11) is -9.54. The van der Waals surface area contributed by atoms with Crippen LogP contribution in [0.15, 0.2) is 52.4 Å². The van der Waals surface area contributed by atoms with Crippen LogP contribution in [0.25, 0.3) is 0 Å². The number of rotatable bonds is 13. The molecule has 3 amide bonds. The van der Waals surface area contributed by atoms with Crippen molar-refractivity contribution in [3.63, 3.8) is 0 Å². The third-order valence-corrected chi connectivity index (χ3v) is 23.0. The van der Waals surface area contributed by atoms with Crippen LogP contribution in [0, 0.1) is 12.8 Å². The first-order valence-electron chi connectivity index (χ1n) is 21.1. The summed E-state index contributed by atoms with van der Waals surface area (Å²) in [5, 5.41) is 5.72. The summed E-state index contributed by atoms with van der Waals surface area (Å²) in [6.07, 6.45) is -2.08. The van der Waals surface area contributed by atoms with Crippen molar-refractivity contribution < 1.29 is 45.3 Å². The average Bonchev–Trinajstić information content (AvgIpc) is 3.83. The van der Waals surface area contributed by atoms with Gasteiger partial charge in [0.05, 0.1) is 17.7 Å². The van der Waals surface area contributed by atoms with E-state index in [4.69, 9.17) is 28.2 Å². The minimum Gasteiger partial charge on any atom is -0.445 e. The van der Waals surface area contributed by atoms with Crippen LogP contribution in [-0.4, -0.2) is 100 Å². The van der Waals surface area contributed by atoms with Crippen molar-refractivity contribution in [2.45, 2.75) is 154 Å². The molecule has 0 bridgehead atoms. The van der Waals surface area contributed by atoms with E-state index in [-0.39, 0.29) is 47.3 Å². The predicted octanol–water partition coefficient (Wildman–Crippen LogP) is 5.64. The maximum Gasteiger partial charge on any atom is 0.408 e. The third-order valence-electron chi connectivity index (χ3n) is 13.0. The number of nitrogens with two attached hydrogens (primary N) is 1. The Hall–Kier alpha value is -3.93. The Morgan fingerprint density at radius 1 is 1.03 bits per heavy atom. The van der Waals surface area contributed by atoms with Gasteiger partial charge in [0.15, 0.2) is 28.5 Å². The number of ether oxygens (including phenoxy) is 2. The summed E-state index contributed by atoms with van der Waals surface area (Å²) in [6.45, 7) is 25.8. The molecular weight excluding hydrogens is 853 g/mol. The van der Waals surface area contributed by atoms with E-state index in [1.807, 2.05) is 64.2 Å². The number of alkyl carbamates (subject to hydrolysis) is 1. The van der Waals surface area contributed by atoms with Gasteiger partial charge >= 0.3 is 11.8 Å². The van der Waals surface area contributed by atoms with Crippen LogP contribution in [0.2, 0.25) is 36.3 Å². The van der Waals surface area contributed by atoms with Crippen LogP contribution in [0.5, 0.6) is 0 Å². The van der Waals surface area contributed by atoms with Gasteiger partial charge < -0.3 is 39.6 Å². The van der Waals surface area contributed by atoms with Crippen molar-refractivity contribution in [1.29, 1.82) is 0 Å². The van der Waals surface area contributed by atoms with Gasteiger partial charge in [0.1, 0.15) is 36.7 Å². The zero-order valence-corrected chi connectivity index (χ0v) is 41.2. The number of carbonyl (C=O) groups excluding carboxylic acids is 3. The quantitative estimate of drug-likeness (QED) is 0.164. The molecule has 1 spiro atoms. The van der Waals surface area contributed by atoms with Gasteiger partial charge in [-0.2, -0.15) is 13.4 Å². The van der Waals surface area contributed by atoms with E-state index in [0.29, 0.717) is 18.4 Å². The highest BCUT2D eigenvalue weighted by atomic mass is 32.2. The maximum atomic E-state index is 14.2. The molecule has 5 rings (SSSR count). The molecule has 0 saturated carbocycles. The second-order valence-corrected chi connectivity index (χ2v) is 30.9. The summed E-state index contributed by atoms with van der Waals surface area (Å²) < 4.78 is 59.1. The van der Waals surface area contributed by atoms with Gasteiger partial charge in [-0.25, -0.2) is 13.8 Å². The molecule has 20 heteroatoms. The number of nitrogens with one attached hydrogen (secondary N) is 2. The highest BCUT2D eigenvalue weighted by molar-refractivity contribution is 7.90. The molecule has 1 aromatic heterocycles. The van der Waals surface area contributed by atoms with Crippen LogP contribution in [0.3, 0.4) is 0 Å². The molecule has 2 fully saturated rings. The number of hydrogen-bond acceptors (Lipinski definition) is 13. The Labute approximate surface area is 367 Å². The monoisotopic (exact) mass is 918 g/mol. The van der Waals surface area contributed by atoms with Crippen LogP contribution in [0.4, 0.5) is 10.6 Å². The molecule has 17 nitrogen and oxygen atoms in total. The standard InChI is InChI=1S/C42H66N6O11SSi2/c1-26(2)32(44-39(52)55-23-28-18-15-14-16-19-28)36(50)47-21-17-20-29(47)35(49)45-34-27(3)22-48(38(51)46-34)37-33(58-62(12,13)41(7,8)9)42(30(43)25-60(53,54)59-42)31(57-37)24-56-61(10,11)40(4,5)6/h14-16,18-19,22,25-26,29,31-33,37H,17,20-21,23-24,43H2,1-13H3,(H,44,52)(H,45,46,49,51)/t29-,31+,32-,33-,37+,42+/m0/s1. The summed E-state index contributed by atoms with van der Waals surface area (Å²) in [5.74, 6) is -1.36. The van der Waals surface area contributed by atoms with Crippen LogP contribution < -0.4 is 22.1 Å². The minimum atomic E-state index is -4.30. The zero-order chi connectivity index (χ0) is 46.4. The predicted molar refractivity (Wildman–Crippen MR) is 239 cm³/mol. The lowest BCUT2D eigenvalue weighted by Crippen LogP contribution is -2.59. The van der Waals surface area contributed by atoms with E-state index in [0.717, 1.165) is 11.0 Å². The van der Waals surface area contributed by atoms with E-state index in [2.05, 4.69) is 49.5 Å². The lowest BCUT2D eigenvalue weighted by atomic mass is 9.89. The van der Waals surface area contributed by atoms with Gasteiger partial charge in [0, 0.05) is 18.3 Å². The molecule has 4 N–H and O–H groups in total. The van der Waals surface area contributed by atoms with Crippen molar-refractivity contribution in [3.05, 3.63) is 69.2 Å². The Bertz CT molecular complexity index is 2200. The summed E-state index contributed by atoms with van der Waals surface area (Å²) in [5.41, 5.74) is 4.92. The van der Waals surface area contributed by atoms with Crippen LogP contribution in [0.1, 0.15) is 85.6 Å². The van der Waals surface area contributed by atoms with Gasteiger partial charge in [0.2, 0.25) is 11.8 Å². The van der Waals surface area contributed by atoms with E-state index >= 15 is 0 Å². The molecule has 1 aromatic carbocycles. The first-order chi connectivity index (χ1) is 28.5. The molecular formula is C42H66N6O11SSi2. The normalized spacial score (nSPS) is 24.6. The summed E-state index contributed by atoms with van der Waals surface area (Å²) in [4.78, 5) is 60.5. The number of benzene rings is 1. The molecule has 3 aliphatic rings. The lowest BCUT2D eigenvalue weighted by molar-refractivity contribution is -0.139. The molecule has 62 heavy (non-hydrogen) atoms. The summed E-state index contributed by atoms with van der Waals surface area (Å²) in [6, 6.07) is 7.27. The highest BCUT2D eigenvalue weighted by Crippen LogP contribution is 2.52. The highest BCUT2D eigenvalue weighted by Gasteiger charge is 2.67. The van der Waals surface area contributed by atoms with Crippen molar-refractivity contribution in [1.82, 2.24) is 19.8 Å². The first-order valence-corrected chi connectivity index (χ1v) is 28.4. The number of aryl methyl sites for hydroxylation is 1. The van der Waals surface area contributed by atoms with Gasteiger partial charge in [-0.1, -0.05) is 85.7 Å². The Morgan fingerprint density at radius 2 is 1.66 bits per heavy atom. The second-order valence-electron chi connectivity index (χ2n) is 19.9. The number of hydrogen-bond donors (Lipinski definition) is 3. The number of likely N-dealkylation sites (tertiary alicyclic amines) is 1. The van der Waals surface area contributed by atoms with E-state index in [1.165, 1.54) is 15.7 Å². The average molecular weight is 919 g/mol. The molecule has 0 aliphatic carbocycles. The van der Waals surface area contributed by atoms with E-state index in [9.17, 15) is 27.6 Å². The van der Waals surface area contributed by atoms with Gasteiger partial charge in [0.25, 0.3) is 10.1 Å². The molecule has 2 aromatic rings. The largest absolute Gasteiger partial charge is 0.445 e. The van der Waals surface area contributed by atoms with E-state index in [1.54, 1.807) is 20.8 Å². The molecule has 2 saturated heterocycles. The molecule has 4 heterocycles. The topological polar surface area (TPSA) is 220 Å². The molecule has 0 unspecified atom stereocenters. The molecule has 0 radical (unpaired) electrons. The van der Waals surface area contributed by atoms with Crippen molar-refractivity contribution in [2.24, 2.45) is 11.7 Å². The zero-order valence-electron chi connectivity index (χ0n) is 38.4.